The number of carbonyl (C=O) groups is 1. The number of halogens is 1. The number of nitrogens with one attached hydrogen (secondary N) is 1. The first-order valence-corrected chi connectivity index (χ1v) is 10.8. The summed E-state index contributed by atoms with van der Waals surface area (Å²) in [4.78, 5) is 19.7. The molecule has 7 heteroatoms. The molecule has 0 radical (unpaired) electrons. The van der Waals surface area contributed by atoms with E-state index in [1.54, 1.807) is 0 Å². The second-order valence-electron chi connectivity index (χ2n) is 7.16. The van der Waals surface area contributed by atoms with E-state index in [2.05, 4.69) is 15.2 Å². The standard InChI is InChI=1S/C20H24ClN3O2S/c21-17-4-2-1-3-16(17)18-13-27-20(22-18)23-19(25)14-5-7-15(8-6-14)24-9-11-26-12-10-24/h1-4,13-15H,5-12H2,(H,22,23,25). The molecule has 2 aliphatic rings. The van der Waals surface area contributed by atoms with Crippen molar-refractivity contribution in [3.05, 3.63) is 34.7 Å². The fraction of sp³-hybridized carbons (Fsp3) is 0.500. The summed E-state index contributed by atoms with van der Waals surface area (Å²) in [5, 5.41) is 6.26. The van der Waals surface area contributed by atoms with Crippen molar-refractivity contribution in [3.63, 3.8) is 0 Å². The smallest absolute Gasteiger partial charge is 0.229 e. The fourth-order valence-corrected chi connectivity index (χ4v) is 4.92. The molecule has 1 aliphatic carbocycles. The number of hydrogen-bond acceptors (Lipinski definition) is 5. The summed E-state index contributed by atoms with van der Waals surface area (Å²) in [5.41, 5.74) is 1.69. The van der Waals surface area contributed by atoms with Crippen LogP contribution in [-0.2, 0) is 9.53 Å². The third-order valence-electron chi connectivity index (χ3n) is 5.51. The van der Waals surface area contributed by atoms with Crippen molar-refractivity contribution < 1.29 is 9.53 Å². The number of nitrogens with zero attached hydrogens (tertiary/aromatic N) is 2. The Labute approximate surface area is 168 Å². The zero-order valence-corrected chi connectivity index (χ0v) is 16.8. The lowest BCUT2D eigenvalue weighted by Crippen LogP contribution is -2.45. The molecule has 5 nitrogen and oxygen atoms in total. The van der Waals surface area contributed by atoms with Gasteiger partial charge in [-0.2, -0.15) is 0 Å². The number of thiazole rings is 1. The first kappa shape index (κ1) is 18.9. The largest absolute Gasteiger partial charge is 0.379 e. The lowest BCUT2D eigenvalue weighted by Gasteiger charge is -2.38. The molecule has 4 rings (SSSR count). The highest BCUT2D eigenvalue weighted by Gasteiger charge is 2.30. The summed E-state index contributed by atoms with van der Waals surface area (Å²) in [5.74, 6) is 0.172. The molecule has 0 unspecified atom stereocenters. The monoisotopic (exact) mass is 405 g/mol. The van der Waals surface area contributed by atoms with E-state index in [1.807, 2.05) is 29.6 Å². The molecule has 1 aromatic carbocycles. The van der Waals surface area contributed by atoms with Crippen molar-refractivity contribution in [1.82, 2.24) is 9.88 Å². The van der Waals surface area contributed by atoms with Crippen LogP contribution in [0.5, 0.6) is 0 Å². The predicted octanol–water partition coefficient (Wildman–Crippen LogP) is 4.29. The highest BCUT2D eigenvalue weighted by molar-refractivity contribution is 7.14. The van der Waals surface area contributed by atoms with Crippen molar-refractivity contribution in [2.24, 2.45) is 5.92 Å². The Morgan fingerprint density at radius 1 is 1.19 bits per heavy atom. The maximum Gasteiger partial charge on any atom is 0.229 e. The quantitative estimate of drug-likeness (QED) is 0.824. The first-order chi connectivity index (χ1) is 13.2. The summed E-state index contributed by atoms with van der Waals surface area (Å²) >= 11 is 7.68. The second-order valence-corrected chi connectivity index (χ2v) is 8.43. The molecule has 1 aliphatic heterocycles. The second kappa shape index (κ2) is 8.69. The Balaban J connectivity index is 1.32. The van der Waals surface area contributed by atoms with Crippen LogP contribution in [0.1, 0.15) is 25.7 Å². The molecule has 0 bridgehead atoms. The minimum Gasteiger partial charge on any atom is -0.379 e. The van der Waals surface area contributed by atoms with E-state index in [4.69, 9.17) is 16.3 Å². The van der Waals surface area contributed by atoms with Crippen LogP contribution in [0.3, 0.4) is 0 Å². The summed E-state index contributed by atoms with van der Waals surface area (Å²) < 4.78 is 5.44. The number of aromatic nitrogens is 1. The first-order valence-electron chi connectivity index (χ1n) is 9.54. The van der Waals surface area contributed by atoms with E-state index in [1.165, 1.54) is 11.3 Å². The summed E-state index contributed by atoms with van der Waals surface area (Å²) in [7, 11) is 0. The van der Waals surface area contributed by atoms with E-state index in [-0.39, 0.29) is 11.8 Å². The molecule has 2 aromatic rings. The van der Waals surface area contributed by atoms with Crippen LogP contribution in [0.4, 0.5) is 5.13 Å². The Morgan fingerprint density at radius 2 is 1.93 bits per heavy atom. The van der Waals surface area contributed by atoms with Crippen LogP contribution in [0.2, 0.25) is 5.02 Å². The van der Waals surface area contributed by atoms with E-state index >= 15 is 0 Å². The maximum atomic E-state index is 12.7. The zero-order valence-electron chi connectivity index (χ0n) is 15.2. The average molecular weight is 406 g/mol. The van der Waals surface area contributed by atoms with Gasteiger partial charge in [-0.15, -0.1) is 11.3 Å². The van der Waals surface area contributed by atoms with Gasteiger partial charge in [0.15, 0.2) is 5.13 Å². The predicted molar refractivity (Wildman–Crippen MR) is 109 cm³/mol. The highest BCUT2D eigenvalue weighted by atomic mass is 35.5. The van der Waals surface area contributed by atoms with Crippen molar-refractivity contribution >= 4 is 34.0 Å². The van der Waals surface area contributed by atoms with Gasteiger partial charge in [-0.1, -0.05) is 29.8 Å². The van der Waals surface area contributed by atoms with Gasteiger partial charge in [0.25, 0.3) is 0 Å². The number of carbonyl (C=O) groups excluding carboxylic acids is 1. The lowest BCUT2D eigenvalue weighted by atomic mass is 9.84. The minimum absolute atomic E-state index is 0.0787. The van der Waals surface area contributed by atoms with Crippen LogP contribution >= 0.6 is 22.9 Å². The number of benzene rings is 1. The molecule has 1 aromatic heterocycles. The molecule has 27 heavy (non-hydrogen) atoms. The zero-order chi connectivity index (χ0) is 18.6. The van der Waals surface area contributed by atoms with Gasteiger partial charge >= 0.3 is 0 Å². The highest BCUT2D eigenvalue weighted by Crippen LogP contribution is 2.32. The van der Waals surface area contributed by atoms with Crippen LogP contribution in [0.15, 0.2) is 29.6 Å². The summed E-state index contributed by atoms with van der Waals surface area (Å²) in [6.45, 7) is 3.70. The van der Waals surface area contributed by atoms with Gasteiger partial charge in [-0.05, 0) is 31.7 Å². The van der Waals surface area contributed by atoms with E-state index in [0.717, 1.165) is 63.2 Å². The third kappa shape index (κ3) is 4.51. The Hall–Kier alpha value is -1.47. The van der Waals surface area contributed by atoms with Gasteiger partial charge in [0.05, 0.1) is 18.9 Å². The number of morpholine rings is 1. The van der Waals surface area contributed by atoms with Crippen molar-refractivity contribution in [2.45, 2.75) is 31.7 Å². The normalized spacial score (nSPS) is 23.9. The van der Waals surface area contributed by atoms with E-state index in [0.29, 0.717) is 16.2 Å². The van der Waals surface area contributed by atoms with Crippen LogP contribution in [0, 0.1) is 5.92 Å². The molecular weight excluding hydrogens is 382 g/mol. The molecule has 1 saturated heterocycles. The lowest BCUT2D eigenvalue weighted by molar-refractivity contribution is -0.121. The number of rotatable bonds is 4. The van der Waals surface area contributed by atoms with Gasteiger partial charge in [0.1, 0.15) is 0 Å². The minimum atomic E-state index is 0.0787. The molecule has 2 heterocycles. The van der Waals surface area contributed by atoms with Gasteiger partial charge in [0, 0.05) is 41.0 Å². The number of ether oxygens (including phenoxy) is 1. The van der Waals surface area contributed by atoms with E-state index in [9.17, 15) is 4.79 Å². The Bertz CT molecular complexity index is 783. The van der Waals surface area contributed by atoms with Crippen LogP contribution in [0.25, 0.3) is 11.3 Å². The molecule has 1 amide bonds. The van der Waals surface area contributed by atoms with Gasteiger partial charge in [-0.25, -0.2) is 4.98 Å². The fourth-order valence-electron chi connectivity index (χ4n) is 3.98. The molecule has 1 saturated carbocycles. The van der Waals surface area contributed by atoms with Crippen molar-refractivity contribution in [2.75, 3.05) is 31.6 Å². The Morgan fingerprint density at radius 3 is 2.67 bits per heavy atom. The van der Waals surface area contributed by atoms with Crippen LogP contribution in [-0.4, -0.2) is 48.1 Å². The molecule has 0 spiro atoms. The van der Waals surface area contributed by atoms with Crippen molar-refractivity contribution in [3.8, 4) is 11.3 Å². The van der Waals surface area contributed by atoms with Gasteiger partial charge in [0.2, 0.25) is 5.91 Å². The van der Waals surface area contributed by atoms with Crippen LogP contribution < -0.4 is 5.32 Å². The van der Waals surface area contributed by atoms with Gasteiger partial charge in [-0.3, -0.25) is 9.69 Å². The number of anilines is 1. The topological polar surface area (TPSA) is 54.5 Å². The molecule has 1 N–H and O–H groups in total. The van der Waals surface area contributed by atoms with Gasteiger partial charge < -0.3 is 10.1 Å². The van der Waals surface area contributed by atoms with E-state index < -0.39 is 0 Å². The van der Waals surface area contributed by atoms with Crippen molar-refractivity contribution in [1.29, 1.82) is 0 Å². The molecule has 144 valence electrons. The summed E-state index contributed by atoms with van der Waals surface area (Å²) in [6, 6.07) is 8.22. The maximum absolute atomic E-state index is 12.7. The number of hydrogen-bond donors (Lipinski definition) is 1. The molecular formula is C20H24ClN3O2S. The Kier molecular flexibility index (Phi) is 6.08. The molecule has 2 fully saturated rings. The number of amides is 1. The summed E-state index contributed by atoms with van der Waals surface area (Å²) in [6.07, 6.45) is 4.05. The molecule has 0 atom stereocenters. The third-order valence-corrected chi connectivity index (χ3v) is 6.60. The SMILES string of the molecule is O=C(Nc1nc(-c2ccccc2Cl)cs1)C1CCC(N2CCOCC2)CC1. The average Bonchev–Trinajstić information content (AvgIpc) is 3.17.